The van der Waals surface area contributed by atoms with Crippen LogP contribution in [0.3, 0.4) is 0 Å². The minimum atomic E-state index is 0.0561. The molecule has 2 aromatic rings. The van der Waals surface area contributed by atoms with Crippen LogP contribution < -0.4 is 0 Å². The smallest absolute Gasteiger partial charge is 0.163 e. The zero-order valence-electron chi connectivity index (χ0n) is 9.49. The number of rotatable bonds is 3. The van der Waals surface area contributed by atoms with Crippen molar-refractivity contribution >= 4 is 5.78 Å². The number of ketones is 1. The molecule has 2 nitrogen and oxygen atoms in total. The van der Waals surface area contributed by atoms with Crippen LogP contribution in [0.1, 0.15) is 34.2 Å². The van der Waals surface area contributed by atoms with Gasteiger partial charge in [-0.1, -0.05) is 30.3 Å². The Kier molecular flexibility index (Phi) is 2.91. The molecule has 1 aromatic carbocycles. The van der Waals surface area contributed by atoms with Crippen LogP contribution in [0.25, 0.3) is 0 Å². The molecular formula is C14H14O2. The second kappa shape index (κ2) is 4.35. The summed E-state index contributed by atoms with van der Waals surface area (Å²) in [5.74, 6) is 0.928. The normalized spacial score (nSPS) is 10.4. The van der Waals surface area contributed by atoms with E-state index in [1.165, 1.54) is 5.56 Å². The quantitative estimate of drug-likeness (QED) is 0.733. The molecule has 0 N–H and O–H groups in total. The minimum Gasteiger partial charge on any atom is -0.468 e. The summed E-state index contributed by atoms with van der Waals surface area (Å²) >= 11 is 0. The Morgan fingerprint density at radius 1 is 1.25 bits per heavy atom. The van der Waals surface area contributed by atoms with E-state index in [2.05, 4.69) is 12.1 Å². The Bertz CT molecular complexity index is 495. The molecule has 0 bridgehead atoms. The third-order valence-corrected chi connectivity index (χ3v) is 2.73. The molecule has 0 aliphatic rings. The average molecular weight is 214 g/mol. The van der Waals surface area contributed by atoms with Gasteiger partial charge < -0.3 is 4.42 Å². The van der Waals surface area contributed by atoms with Crippen molar-refractivity contribution < 1.29 is 9.21 Å². The van der Waals surface area contributed by atoms with Gasteiger partial charge in [-0.2, -0.15) is 0 Å². The van der Waals surface area contributed by atoms with Crippen molar-refractivity contribution in [3.8, 4) is 0 Å². The maximum atomic E-state index is 11.3. The zero-order valence-corrected chi connectivity index (χ0v) is 9.49. The van der Waals surface area contributed by atoms with Crippen LogP contribution in [0.2, 0.25) is 0 Å². The molecule has 0 spiro atoms. The molecule has 0 saturated heterocycles. The molecule has 0 unspecified atom stereocenters. The van der Waals surface area contributed by atoms with E-state index >= 15 is 0 Å². The molecule has 0 saturated carbocycles. The second-order valence-electron chi connectivity index (χ2n) is 3.92. The highest BCUT2D eigenvalue weighted by atomic mass is 16.3. The summed E-state index contributed by atoms with van der Waals surface area (Å²) in [6.07, 6.45) is 2.29. The van der Waals surface area contributed by atoms with Gasteiger partial charge in [0.2, 0.25) is 0 Å². The summed E-state index contributed by atoms with van der Waals surface area (Å²) in [7, 11) is 0. The maximum Gasteiger partial charge on any atom is 0.163 e. The Labute approximate surface area is 94.9 Å². The van der Waals surface area contributed by atoms with Crippen LogP contribution >= 0.6 is 0 Å². The topological polar surface area (TPSA) is 30.2 Å². The van der Waals surface area contributed by atoms with Gasteiger partial charge in [-0.15, -0.1) is 0 Å². The summed E-state index contributed by atoms with van der Waals surface area (Å²) in [5, 5.41) is 0. The van der Waals surface area contributed by atoms with Gasteiger partial charge in [-0.3, -0.25) is 4.79 Å². The number of furan rings is 1. The summed E-state index contributed by atoms with van der Waals surface area (Å²) in [6.45, 7) is 3.49. The van der Waals surface area contributed by atoms with Crippen LogP contribution in [0.5, 0.6) is 0 Å². The van der Waals surface area contributed by atoms with Crippen molar-refractivity contribution in [2.75, 3.05) is 0 Å². The fourth-order valence-electron chi connectivity index (χ4n) is 1.76. The van der Waals surface area contributed by atoms with Crippen molar-refractivity contribution in [3.05, 3.63) is 59.0 Å². The van der Waals surface area contributed by atoms with Crippen molar-refractivity contribution in [1.82, 2.24) is 0 Å². The van der Waals surface area contributed by atoms with Gasteiger partial charge >= 0.3 is 0 Å². The molecule has 0 atom stereocenters. The predicted molar refractivity (Wildman–Crippen MR) is 62.7 cm³/mol. The lowest BCUT2D eigenvalue weighted by Crippen LogP contribution is -1.94. The molecule has 0 aliphatic carbocycles. The Balaban J connectivity index is 2.26. The summed E-state index contributed by atoms with van der Waals surface area (Å²) in [6, 6.07) is 10.1. The van der Waals surface area contributed by atoms with E-state index in [9.17, 15) is 4.79 Å². The number of carbonyl (C=O) groups excluding carboxylic acids is 1. The second-order valence-corrected chi connectivity index (χ2v) is 3.92. The third-order valence-electron chi connectivity index (χ3n) is 2.73. The van der Waals surface area contributed by atoms with Crippen molar-refractivity contribution in [2.45, 2.75) is 20.3 Å². The molecular weight excluding hydrogens is 200 g/mol. The van der Waals surface area contributed by atoms with E-state index in [-0.39, 0.29) is 5.78 Å². The minimum absolute atomic E-state index is 0.0561. The lowest BCUT2D eigenvalue weighted by atomic mass is 10.0. The van der Waals surface area contributed by atoms with Gasteiger partial charge in [0.15, 0.2) is 5.78 Å². The summed E-state index contributed by atoms with van der Waals surface area (Å²) in [4.78, 5) is 11.3. The van der Waals surface area contributed by atoms with E-state index in [1.807, 2.05) is 25.1 Å². The highest BCUT2D eigenvalue weighted by molar-refractivity contribution is 5.95. The van der Waals surface area contributed by atoms with Crippen molar-refractivity contribution in [1.29, 1.82) is 0 Å². The molecule has 0 amide bonds. The average Bonchev–Trinajstić information content (AvgIpc) is 2.62. The first-order chi connectivity index (χ1) is 7.68. The van der Waals surface area contributed by atoms with Crippen LogP contribution in [0, 0.1) is 6.92 Å². The number of benzene rings is 1. The highest BCUT2D eigenvalue weighted by Gasteiger charge is 2.12. The molecule has 0 fully saturated rings. The largest absolute Gasteiger partial charge is 0.468 e. The third kappa shape index (κ3) is 2.06. The number of Topliss-reactive ketones (excluding diaryl/α,β-unsaturated/α-hetero) is 1. The number of hydrogen-bond acceptors (Lipinski definition) is 2. The molecule has 2 rings (SSSR count). The van der Waals surface area contributed by atoms with E-state index in [0.717, 1.165) is 17.7 Å². The molecule has 1 heterocycles. The molecule has 2 heteroatoms. The molecule has 0 radical (unpaired) electrons. The van der Waals surface area contributed by atoms with Crippen LogP contribution in [0.4, 0.5) is 0 Å². The van der Waals surface area contributed by atoms with Crippen molar-refractivity contribution in [2.24, 2.45) is 0 Å². The van der Waals surface area contributed by atoms with Crippen LogP contribution in [-0.4, -0.2) is 5.78 Å². The maximum absolute atomic E-state index is 11.3. The van der Waals surface area contributed by atoms with E-state index in [0.29, 0.717) is 5.56 Å². The fourth-order valence-corrected chi connectivity index (χ4v) is 1.76. The first kappa shape index (κ1) is 10.7. The number of hydrogen-bond donors (Lipinski definition) is 0. The molecule has 16 heavy (non-hydrogen) atoms. The van der Waals surface area contributed by atoms with Crippen LogP contribution in [-0.2, 0) is 6.42 Å². The zero-order chi connectivity index (χ0) is 11.5. The SMILES string of the molecule is CC(=O)c1coc(Cc2ccccc2)c1C. The van der Waals surface area contributed by atoms with Crippen LogP contribution in [0.15, 0.2) is 41.0 Å². The van der Waals surface area contributed by atoms with E-state index in [4.69, 9.17) is 4.42 Å². The van der Waals surface area contributed by atoms with Crippen molar-refractivity contribution in [3.63, 3.8) is 0 Å². The lowest BCUT2D eigenvalue weighted by molar-refractivity contribution is 0.101. The highest BCUT2D eigenvalue weighted by Crippen LogP contribution is 2.19. The number of carbonyl (C=O) groups is 1. The van der Waals surface area contributed by atoms with Gasteiger partial charge in [0.05, 0.1) is 5.56 Å². The Hall–Kier alpha value is -1.83. The van der Waals surface area contributed by atoms with Gasteiger partial charge in [-0.05, 0) is 19.4 Å². The Morgan fingerprint density at radius 3 is 2.50 bits per heavy atom. The van der Waals surface area contributed by atoms with Gasteiger partial charge in [0.1, 0.15) is 12.0 Å². The Morgan fingerprint density at radius 2 is 1.94 bits per heavy atom. The first-order valence-corrected chi connectivity index (χ1v) is 5.30. The molecule has 82 valence electrons. The lowest BCUT2D eigenvalue weighted by Gasteiger charge is -1.99. The van der Waals surface area contributed by atoms with E-state index < -0.39 is 0 Å². The predicted octanol–water partition coefficient (Wildman–Crippen LogP) is 3.38. The van der Waals surface area contributed by atoms with Gasteiger partial charge in [0, 0.05) is 12.0 Å². The summed E-state index contributed by atoms with van der Waals surface area (Å²) in [5.41, 5.74) is 2.83. The molecule has 1 aromatic heterocycles. The van der Waals surface area contributed by atoms with Gasteiger partial charge in [0.25, 0.3) is 0 Å². The van der Waals surface area contributed by atoms with E-state index in [1.54, 1.807) is 13.2 Å². The standard InChI is InChI=1S/C14H14O2/c1-10-13(11(2)15)9-16-14(10)8-12-6-4-3-5-7-12/h3-7,9H,8H2,1-2H3. The molecule has 0 aliphatic heterocycles. The monoisotopic (exact) mass is 214 g/mol. The van der Waals surface area contributed by atoms with Gasteiger partial charge in [-0.25, -0.2) is 0 Å². The fraction of sp³-hybridized carbons (Fsp3) is 0.214. The first-order valence-electron chi connectivity index (χ1n) is 5.30. The summed E-state index contributed by atoms with van der Waals surface area (Å²) < 4.78 is 5.44.